The Labute approximate surface area is 130 Å². The second-order valence-corrected chi connectivity index (χ2v) is 6.23. The Hall–Kier alpha value is -1.04. The van der Waals surface area contributed by atoms with E-state index >= 15 is 0 Å². The molecule has 0 N–H and O–H groups in total. The molecule has 1 aromatic carbocycles. The van der Waals surface area contributed by atoms with Crippen molar-refractivity contribution in [2.75, 3.05) is 0 Å². The van der Waals surface area contributed by atoms with Crippen molar-refractivity contribution in [3.8, 4) is 0 Å². The zero-order valence-corrected chi connectivity index (χ0v) is 13.2. The highest BCUT2D eigenvalue weighted by Crippen LogP contribution is 2.35. The van der Waals surface area contributed by atoms with Crippen LogP contribution in [0.3, 0.4) is 0 Å². The van der Waals surface area contributed by atoms with Gasteiger partial charge in [0.15, 0.2) is 0 Å². The summed E-state index contributed by atoms with van der Waals surface area (Å²) >= 11 is 17.5. The normalized spacial score (nSPS) is 12.9. The van der Waals surface area contributed by atoms with E-state index in [1.54, 1.807) is 20.8 Å². The highest BCUT2D eigenvalue weighted by molar-refractivity contribution is 6.43. The van der Waals surface area contributed by atoms with Gasteiger partial charge in [0.2, 0.25) is 0 Å². The van der Waals surface area contributed by atoms with Crippen molar-refractivity contribution in [3.05, 3.63) is 42.9 Å². The van der Waals surface area contributed by atoms with E-state index in [0.29, 0.717) is 0 Å². The molecule has 20 heavy (non-hydrogen) atoms. The molecule has 0 heterocycles. The van der Waals surface area contributed by atoms with Crippen LogP contribution in [-0.2, 0) is 9.53 Å². The maximum atomic E-state index is 12.0. The lowest BCUT2D eigenvalue weighted by molar-refractivity contribution is -0.517. The van der Waals surface area contributed by atoms with E-state index in [1.807, 2.05) is 0 Å². The van der Waals surface area contributed by atoms with E-state index in [1.165, 1.54) is 12.1 Å². The van der Waals surface area contributed by atoms with Gasteiger partial charge in [-0.3, -0.25) is 10.1 Å². The maximum Gasteiger partial charge on any atom is 0.387 e. The molecule has 0 aliphatic carbocycles. The summed E-state index contributed by atoms with van der Waals surface area (Å²) in [5.74, 6) is -1.03. The van der Waals surface area contributed by atoms with E-state index in [0.717, 1.165) is 0 Å². The van der Waals surface area contributed by atoms with E-state index in [-0.39, 0.29) is 20.6 Å². The molecule has 1 atom stereocenters. The van der Waals surface area contributed by atoms with Gasteiger partial charge in [0.05, 0.1) is 15.6 Å². The van der Waals surface area contributed by atoms with Crippen molar-refractivity contribution < 1.29 is 14.5 Å². The van der Waals surface area contributed by atoms with Crippen LogP contribution in [-0.4, -0.2) is 16.5 Å². The number of rotatable bonds is 3. The highest BCUT2D eigenvalue weighted by atomic mass is 35.5. The Bertz CT molecular complexity index is 554. The minimum atomic E-state index is -1.78. The third-order valence-electron chi connectivity index (χ3n) is 2.16. The van der Waals surface area contributed by atoms with Gasteiger partial charge < -0.3 is 4.74 Å². The largest absolute Gasteiger partial charge is 0.455 e. The molecule has 0 aliphatic heterocycles. The van der Waals surface area contributed by atoms with E-state index in [9.17, 15) is 14.9 Å². The molecule has 0 aromatic heterocycles. The lowest BCUT2D eigenvalue weighted by atomic mass is 10.1. The molecule has 0 radical (unpaired) electrons. The number of benzene rings is 1. The molecular formula is C12H12Cl3NO4. The lowest BCUT2D eigenvalue weighted by Gasteiger charge is -2.21. The summed E-state index contributed by atoms with van der Waals surface area (Å²) in [4.78, 5) is 22.3. The number of carbonyl (C=O) groups is 1. The molecule has 0 amide bonds. The molecule has 0 saturated carbocycles. The van der Waals surface area contributed by atoms with Crippen LogP contribution in [0.1, 0.15) is 32.4 Å². The third kappa shape index (κ3) is 4.23. The Kier molecular flexibility index (Phi) is 5.24. The Morgan fingerprint density at radius 2 is 1.85 bits per heavy atom. The topological polar surface area (TPSA) is 69.4 Å². The van der Waals surface area contributed by atoms with Gasteiger partial charge in [-0.2, -0.15) is 0 Å². The third-order valence-corrected chi connectivity index (χ3v) is 3.19. The van der Waals surface area contributed by atoms with Crippen LogP contribution in [0.15, 0.2) is 12.1 Å². The summed E-state index contributed by atoms with van der Waals surface area (Å²) < 4.78 is 5.02. The van der Waals surface area contributed by atoms with Crippen molar-refractivity contribution in [2.24, 2.45) is 0 Å². The first kappa shape index (κ1) is 17.0. The van der Waals surface area contributed by atoms with Crippen LogP contribution in [0.25, 0.3) is 0 Å². The molecule has 0 spiro atoms. The van der Waals surface area contributed by atoms with Crippen molar-refractivity contribution >= 4 is 40.8 Å². The first-order valence-corrected chi connectivity index (χ1v) is 6.67. The summed E-state index contributed by atoms with van der Waals surface area (Å²) in [6.07, 6.45) is 0. The fourth-order valence-corrected chi connectivity index (χ4v) is 2.18. The number of hydrogen-bond donors (Lipinski definition) is 0. The number of hydrogen-bond acceptors (Lipinski definition) is 4. The predicted octanol–water partition coefficient (Wildman–Crippen LogP) is 4.31. The molecule has 5 nitrogen and oxygen atoms in total. The molecular weight excluding hydrogens is 328 g/mol. The van der Waals surface area contributed by atoms with Gasteiger partial charge in [-0.25, -0.2) is 4.79 Å². The van der Waals surface area contributed by atoms with Gasteiger partial charge in [-0.15, -0.1) is 0 Å². The average Bonchev–Trinajstić information content (AvgIpc) is 2.21. The van der Waals surface area contributed by atoms with Gasteiger partial charge in [0.25, 0.3) is 0 Å². The lowest BCUT2D eigenvalue weighted by Crippen LogP contribution is -2.31. The van der Waals surface area contributed by atoms with Crippen LogP contribution in [0.5, 0.6) is 0 Å². The van der Waals surface area contributed by atoms with Crippen molar-refractivity contribution in [1.82, 2.24) is 0 Å². The van der Waals surface area contributed by atoms with E-state index < -0.39 is 22.5 Å². The average molecular weight is 341 g/mol. The zero-order chi connectivity index (χ0) is 15.7. The fourth-order valence-electron chi connectivity index (χ4n) is 1.46. The molecule has 1 aromatic rings. The summed E-state index contributed by atoms with van der Waals surface area (Å²) in [6, 6.07) is 0.784. The first-order valence-electron chi connectivity index (χ1n) is 5.53. The minimum absolute atomic E-state index is 0.0320. The predicted molar refractivity (Wildman–Crippen MR) is 77.1 cm³/mol. The first-order chi connectivity index (χ1) is 9.03. The smallest absolute Gasteiger partial charge is 0.387 e. The molecule has 1 rings (SSSR count). The summed E-state index contributed by atoms with van der Waals surface area (Å²) in [7, 11) is 0. The van der Waals surface area contributed by atoms with Crippen molar-refractivity contribution in [3.63, 3.8) is 0 Å². The molecule has 110 valence electrons. The minimum Gasteiger partial charge on any atom is -0.455 e. The van der Waals surface area contributed by atoms with Gasteiger partial charge in [-0.1, -0.05) is 34.8 Å². The number of esters is 1. The van der Waals surface area contributed by atoms with E-state index in [4.69, 9.17) is 39.5 Å². The Morgan fingerprint density at radius 3 is 2.30 bits per heavy atom. The second-order valence-electron chi connectivity index (χ2n) is 5.01. The molecule has 0 bridgehead atoms. The number of halogens is 3. The number of nitrogens with zero attached hydrogens (tertiary/aromatic N) is 1. The second kappa shape index (κ2) is 6.16. The monoisotopic (exact) mass is 339 g/mol. The standard InChI is InChI=1S/C12H12Cl3NO4/c1-12(2,3)20-11(17)10(16(18)19)7-4-6(13)5-8(14)9(7)15/h4-5,10H,1-3H3. The van der Waals surface area contributed by atoms with Crippen LogP contribution in [0.2, 0.25) is 15.1 Å². The molecule has 1 unspecified atom stereocenters. The summed E-state index contributed by atoms with van der Waals surface area (Å²) in [6.45, 7) is 4.82. The summed E-state index contributed by atoms with van der Waals surface area (Å²) in [5.41, 5.74) is -0.955. The van der Waals surface area contributed by atoms with Crippen LogP contribution in [0.4, 0.5) is 0 Å². The van der Waals surface area contributed by atoms with Gasteiger partial charge >= 0.3 is 12.0 Å². The van der Waals surface area contributed by atoms with Crippen LogP contribution in [0, 0.1) is 10.1 Å². The Morgan fingerprint density at radius 1 is 1.30 bits per heavy atom. The number of carbonyl (C=O) groups excluding carboxylic acids is 1. The molecule has 0 saturated heterocycles. The quantitative estimate of drug-likeness (QED) is 0.356. The zero-order valence-electron chi connectivity index (χ0n) is 10.9. The summed E-state index contributed by atoms with van der Waals surface area (Å²) in [5, 5.41) is 11.2. The van der Waals surface area contributed by atoms with Gasteiger partial charge in [0, 0.05) is 9.95 Å². The van der Waals surface area contributed by atoms with Crippen molar-refractivity contribution in [1.29, 1.82) is 0 Å². The SMILES string of the molecule is CC(C)(C)OC(=O)C(c1cc(Cl)cc(Cl)c1Cl)[N+](=O)[O-]. The van der Waals surface area contributed by atoms with Crippen LogP contribution < -0.4 is 0 Å². The molecule has 0 fully saturated rings. The highest BCUT2D eigenvalue weighted by Gasteiger charge is 2.38. The number of nitro groups is 1. The van der Waals surface area contributed by atoms with Crippen LogP contribution >= 0.6 is 34.8 Å². The maximum absolute atomic E-state index is 12.0. The molecule has 8 heteroatoms. The van der Waals surface area contributed by atoms with Gasteiger partial charge in [-0.05, 0) is 32.9 Å². The van der Waals surface area contributed by atoms with Gasteiger partial charge in [0.1, 0.15) is 5.60 Å². The van der Waals surface area contributed by atoms with E-state index in [2.05, 4.69) is 0 Å². The number of ether oxygens (including phenoxy) is 1. The Balaban J connectivity index is 3.29. The molecule has 0 aliphatic rings. The van der Waals surface area contributed by atoms with Crippen molar-refractivity contribution in [2.45, 2.75) is 32.4 Å². The fraction of sp³-hybridized carbons (Fsp3) is 0.417.